The van der Waals surface area contributed by atoms with Gasteiger partial charge in [-0.05, 0) is 137 Å². The third kappa shape index (κ3) is 4.79. The number of hydrogen-bond donors (Lipinski definition) is 0. The number of rotatable bonds is 5. The largest absolute Gasteiger partial charge is 0.309 e. The minimum Gasteiger partial charge on any atom is -0.309 e. The first-order valence-corrected chi connectivity index (χ1v) is 22.3. The van der Waals surface area contributed by atoms with Crippen LogP contribution in [0.1, 0.15) is 22.3 Å². The molecule has 3 aliphatic rings. The molecule has 1 spiro atoms. The van der Waals surface area contributed by atoms with Crippen LogP contribution in [0.25, 0.3) is 88.3 Å². The van der Waals surface area contributed by atoms with E-state index in [0.29, 0.717) is 0 Å². The predicted molar refractivity (Wildman–Crippen MR) is 268 cm³/mol. The Labute approximate surface area is 372 Å². The molecule has 0 unspecified atom stereocenters. The highest BCUT2D eigenvalue weighted by Gasteiger charge is 2.53. The molecule has 0 aliphatic heterocycles. The molecule has 0 saturated heterocycles. The number of anilines is 3. The molecule has 0 atom stereocenters. The number of benzene rings is 11. The molecule has 0 N–H and O–H groups in total. The van der Waals surface area contributed by atoms with E-state index in [0.717, 1.165) is 5.69 Å². The molecule has 0 aromatic heterocycles. The van der Waals surface area contributed by atoms with Crippen LogP contribution in [0.3, 0.4) is 0 Å². The lowest BCUT2D eigenvalue weighted by molar-refractivity contribution is 0.793. The van der Waals surface area contributed by atoms with Gasteiger partial charge in [0.2, 0.25) is 0 Å². The van der Waals surface area contributed by atoms with Gasteiger partial charge in [0, 0.05) is 22.2 Å². The maximum atomic E-state index is 2.62. The van der Waals surface area contributed by atoms with Gasteiger partial charge in [-0.3, -0.25) is 0 Å². The monoisotopic (exact) mass is 809 g/mol. The van der Waals surface area contributed by atoms with Crippen LogP contribution in [0, 0.1) is 0 Å². The van der Waals surface area contributed by atoms with E-state index in [4.69, 9.17) is 0 Å². The Hall–Kier alpha value is -8.26. The van der Waals surface area contributed by atoms with Gasteiger partial charge in [0.25, 0.3) is 0 Å². The summed E-state index contributed by atoms with van der Waals surface area (Å²) in [4.78, 5) is 2.62. The maximum absolute atomic E-state index is 2.62. The van der Waals surface area contributed by atoms with Crippen LogP contribution >= 0.6 is 0 Å². The van der Waals surface area contributed by atoms with E-state index in [1.54, 1.807) is 0 Å². The van der Waals surface area contributed by atoms with Crippen molar-refractivity contribution in [2.75, 3.05) is 4.90 Å². The minimum atomic E-state index is -0.528. The lowest BCUT2D eigenvalue weighted by atomic mass is 9.69. The lowest BCUT2D eigenvalue weighted by Gasteiger charge is -2.39. The van der Waals surface area contributed by atoms with E-state index >= 15 is 0 Å². The molecule has 0 bridgehead atoms. The molecule has 296 valence electrons. The summed E-state index contributed by atoms with van der Waals surface area (Å²) in [5.74, 6) is 0. The Kier molecular flexibility index (Phi) is 7.38. The molecule has 1 nitrogen and oxygen atoms in total. The maximum Gasteiger partial charge on any atom is 0.0746 e. The summed E-state index contributed by atoms with van der Waals surface area (Å²) in [5.41, 5.74) is 23.6. The topological polar surface area (TPSA) is 3.24 Å². The van der Waals surface area contributed by atoms with Gasteiger partial charge in [-0.1, -0.05) is 194 Å². The van der Waals surface area contributed by atoms with E-state index in [1.807, 2.05) is 0 Å². The van der Waals surface area contributed by atoms with Gasteiger partial charge in [-0.15, -0.1) is 0 Å². The number of hydrogen-bond acceptors (Lipinski definition) is 1. The molecule has 0 saturated carbocycles. The van der Waals surface area contributed by atoms with Crippen LogP contribution in [0.5, 0.6) is 0 Å². The zero-order chi connectivity index (χ0) is 41.9. The Morgan fingerprint density at radius 3 is 1.50 bits per heavy atom. The summed E-state index contributed by atoms with van der Waals surface area (Å²) < 4.78 is 0. The first kappa shape index (κ1) is 35.3. The van der Waals surface area contributed by atoms with Crippen molar-refractivity contribution < 1.29 is 0 Å². The van der Waals surface area contributed by atoms with Gasteiger partial charge in [0.15, 0.2) is 0 Å². The van der Waals surface area contributed by atoms with Crippen molar-refractivity contribution in [1.29, 1.82) is 0 Å². The van der Waals surface area contributed by atoms with Crippen molar-refractivity contribution >= 4 is 38.6 Å². The lowest BCUT2D eigenvalue weighted by Crippen LogP contribution is -2.28. The molecule has 0 amide bonds. The molecule has 0 heterocycles. The van der Waals surface area contributed by atoms with Gasteiger partial charge in [-0.2, -0.15) is 0 Å². The molecule has 11 aromatic carbocycles. The van der Waals surface area contributed by atoms with Crippen LogP contribution in [0.4, 0.5) is 17.1 Å². The van der Waals surface area contributed by atoms with Crippen LogP contribution in [-0.2, 0) is 5.41 Å². The third-order valence-corrected chi connectivity index (χ3v) is 14.4. The van der Waals surface area contributed by atoms with Crippen LogP contribution < -0.4 is 4.90 Å². The summed E-state index contributed by atoms with van der Waals surface area (Å²) in [6.07, 6.45) is 0. The number of nitrogens with zero attached hydrogens (tertiary/aromatic N) is 1. The van der Waals surface area contributed by atoms with Crippen molar-refractivity contribution in [2.24, 2.45) is 0 Å². The second-order valence-corrected chi connectivity index (χ2v) is 17.5. The summed E-state index contributed by atoms with van der Waals surface area (Å²) >= 11 is 0. The zero-order valence-electron chi connectivity index (χ0n) is 35.0. The molecule has 11 aromatic rings. The van der Waals surface area contributed by atoms with E-state index in [-0.39, 0.29) is 0 Å². The van der Waals surface area contributed by atoms with Gasteiger partial charge < -0.3 is 4.90 Å². The number of fused-ring (bicyclic) bond motifs is 16. The van der Waals surface area contributed by atoms with E-state index in [9.17, 15) is 0 Å². The first-order chi connectivity index (χ1) is 31.8. The van der Waals surface area contributed by atoms with Crippen molar-refractivity contribution in [3.8, 4) is 66.8 Å². The average molecular weight is 810 g/mol. The molecule has 0 radical (unpaired) electrons. The van der Waals surface area contributed by atoms with E-state index in [2.05, 4.69) is 241 Å². The highest BCUT2D eigenvalue weighted by molar-refractivity contribution is 6.21. The summed E-state index contributed by atoms with van der Waals surface area (Å²) in [6.45, 7) is 0. The minimum absolute atomic E-state index is 0.528. The van der Waals surface area contributed by atoms with Gasteiger partial charge in [0.05, 0.1) is 16.8 Å². The normalized spacial score (nSPS) is 13.1. The average Bonchev–Trinajstić information content (AvgIpc) is 3.84. The van der Waals surface area contributed by atoms with Gasteiger partial charge >= 0.3 is 0 Å². The Morgan fingerprint density at radius 1 is 0.297 bits per heavy atom. The van der Waals surface area contributed by atoms with Crippen molar-refractivity contribution in [2.45, 2.75) is 5.41 Å². The van der Waals surface area contributed by atoms with Crippen molar-refractivity contribution in [1.82, 2.24) is 0 Å². The van der Waals surface area contributed by atoms with Crippen LogP contribution in [0.2, 0.25) is 0 Å². The Bertz CT molecular complexity index is 3650. The molecule has 64 heavy (non-hydrogen) atoms. The molecular weight excluding hydrogens is 771 g/mol. The van der Waals surface area contributed by atoms with Crippen LogP contribution in [0.15, 0.2) is 237 Å². The van der Waals surface area contributed by atoms with Crippen LogP contribution in [-0.4, -0.2) is 0 Å². The Balaban J connectivity index is 1.07. The molecule has 0 fully saturated rings. The predicted octanol–water partition coefficient (Wildman–Crippen LogP) is 16.8. The molecule has 1 heteroatoms. The zero-order valence-corrected chi connectivity index (χ0v) is 35.0. The quantitative estimate of drug-likeness (QED) is 0.167. The fraction of sp³-hybridized carbons (Fsp3) is 0.0159. The Morgan fingerprint density at radius 2 is 0.812 bits per heavy atom. The SMILES string of the molecule is c1ccc(-c2ccc(N(c3cccc4c3C3(c5ccccc5-c5ccccc53)c3ccccc3-4)c3c4c(cc5ccccc35)-c3cc5cc(-c6ccccc6)ccc5cc3-4)cc2)cc1. The summed E-state index contributed by atoms with van der Waals surface area (Å²) in [6, 6.07) is 88.4. The van der Waals surface area contributed by atoms with Gasteiger partial charge in [0.1, 0.15) is 0 Å². The fourth-order valence-corrected chi connectivity index (χ4v) is 11.7. The molecule has 3 aliphatic carbocycles. The third-order valence-electron chi connectivity index (χ3n) is 14.4. The fourth-order valence-electron chi connectivity index (χ4n) is 11.7. The first-order valence-electron chi connectivity index (χ1n) is 22.3. The second-order valence-electron chi connectivity index (χ2n) is 17.5. The highest BCUT2D eigenvalue weighted by Crippen LogP contribution is 2.66. The second kappa shape index (κ2) is 13.4. The standard InChI is InChI=1S/C63H39N/c1-3-16-40(17-4-1)42-32-34-47(35-33-42)64(59-29-15-25-52-51-24-11-14-28-58(51)63(61(52)59)56-26-12-9-22-49(56)50-23-10-13-27-57(50)63)62-48-21-8-7-20-45(48)38-55-53-39-46-36-43(41-18-5-2-6-19-41)30-31-44(46)37-54(53)60(55)62/h1-39H. The van der Waals surface area contributed by atoms with E-state index in [1.165, 1.54) is 122 Å². The molecular formula is C63H39N. The summed E-state index contributed by atoms with van der Waals surface area (Å²) in [7, 11) is 0. The van der Waals surface area contributed by atoms with Crippen molar-refractivity contribution in [3.05, 3.63) is 259 Å². The van der Waals surface area contributed by atoms with Crippen molar-refractivity contribution in [3.63, 3.8) is 0 Å². The highest BCUT2D eigenvalue weighted by atomic mass is 15.2. The smallest absolute Gasteiger partial charge is 0.0746 e. The van der Waals surface area contributed by atoms with Gasteiger partial charge in [-0.25, -0.2) is 0 Å². The van der Waals surface area contributed by atoms with E-state index < -0.39 is 5.41 Å². The summed E-state index contributed by atoms with van der Waals surface area (Å²) in [5, 5.41) is 4.96. The molecule has 14 rings (SSSR count).